The van der Waals surface area contributed by atoms with E-state index in [1.54, 1.807) is 18.2 Å². The predicted octanol–water partition coefficient (Wildman–Crippen LogP) is 5.66. The normalized spacial score (nSPS) is 14.2. The number of anilines is 1. The van der Waals surface area contributed by atoms with E-state index >= 15 is 0 Å². The van der Waals surface area contributed by atoms with Crippen LogP contribution in [0.3, 0.4) is 0 Å². The fraction of sp³-hybridized carbons (Fsp3) is 0.0833. The lowest BCUT2D eigenvalue weighted by Gasteiger charge is -2.19. The van der Waals surface area contributed by atoms with Gasteiger partial charge in [0.2, 0.25) is 0 Å². The van der Waals surface area contributed by atoms with Crippen LogP contribution in [0.2, 0.25) is 5.02 Å². The van der Waals surface area contributed by atoms with Gasteiger partial charge in [0.15, 0.2) is 0 Å². The molecule has 6 heteroatoms. The molecule has 2 amide bonds. The molecule has 0 atom stereocenters. The molecule has 3 aromatic carbocycles. The van der Waals surface area contributed by atoms with Crippen LogP contribution in [0.4, 0.5) is 5.69 Å². The minimum atomic E-state index is -0.224. The third-order valence-electron chi connectivity index (χ3n) is 4.71. The number of aryl methyl sites for hydroxylation is 1. The van der Waals surface area contributed by atoms with E-state index in [4.69, 9.17) is 11.6 Å². The molecule has 0 aromatic heterocycles. The number of hydrogen-bond acceptors (Lipinski definition) is 3. The largest absolute Gasteiger partial charge is 0.348 e. The van der Waals surface area contributed by atoms with Crippen molar-refractivity contribution in [3.8, 4) is 0 Å². The minimum Gasteiger partial charge on any atom is -0.348 e. The van der Waals surface area contributed by atoms with Crippen molar-refractivity contribution in [1.82, 2.24) is 5.32 Å². The van der Waals surface area contributed by atoms with Gasteiger partial charge in [-0.15, -0.1) is 0 Å². The molecule has 4 nitrogen and oxygen atoms in total. The molecule has 0 bridgehead atoms. The monoisotopic (exact) mass is 434 g/mol. The van der Waals surface area contributed by atoms with Gasteiger partial charge in [-0.3, -0.25) is 9.59 Å². The molecule has 2 N–H and O–H groups in total. The Morgan fingerprint density at radius 3 is 2.63 bits per heavy atom. The molecule has 0 fully saturated rings. The fourth-order valence-electron chi connectivity index (χ4n) is 3.04. The van der Waals surface area contributed by atoms with Gasteiger partial charge in [0.05, 0.1) is 10.6 Å². The van der Waals surface area contributed by atoms with Crippen LogP contribution >= 0.6 is 23.4 Å². The summed E-state index contributed by atoms with van der Waals surface area (Å²) in [5.74, 6) is -0.403. The Morgan fingerprint density at radius 1 is 1.10 bits per heavy atom. The van der Waals surface area contributed by atoms with Gasteiger partial charge < -0.3 is 10.6 Å². The van der Waals surface area contributed by atoms with Gasteiger partial charge in [0.1, 0.15) is 0 Å². The Balaban J connectivity index is 1.48. The van der Waals surface area contributed by atoms with Gasteiger partial charge in [-0.25, -0.2) is 0 Å². The fourth-order valence-corrected chi connectivity index (χ4v) is 4.17. The molecule has 4 rings (SSSR count). The molecular formula is C24H19ClN2O2S. The highest BCUT2D eigenvalue weighted by Gasteiger charge is 2.22. The lowest BCUT2D eigenvalue weighted by molar-refractivity contribution is -0.112. The van der Waals surface area contributed by atoms with E-state index in [1.165, 1.54) is 17.3 Å². The van der Waals surface area contributed by atoms with Crippen molar-refractivity contribution in [3.63, 3.8) is 0 Å². The second-order valence-corrected chi connectivity index (χ2v) is 8.45. The number of halogens is 1. The van der Waals surface area contributed by atoms with Crippen molar-refractivity contribution in [2.75, 3.05) is 5.32 Å². The topological polar surface area (TPSA) is 58.2 Å². The number of thioether (sulfide) groups is 1. The first kappa shape index (κ1) is 20.3. The molecule has 1 aliphatic heterocycles. The number of rotatable bonds is 4. The Kier molecular flexibility index (Phi) is 5.93. The van der Waals surface area contributed by atoms with Crippen molar-refractivity contribution >= 4 is 46.9 Å². The molecule has 0 saturated heterocycles. The van der Waals surface area contributed by atoms with Gasteiger partial charge >= 0.3 is 0 Å². The first-order valence-electron chi connectivity index (χ1n) is 9.43. The summed E-state index contributed by atoms with van der Waals surface area (Å²) >= 11 is 7.53. The molecule has 0 aliphatic carbocycles. The van der Waals surface area contributed by atoms with E-state index in [-0.39, 0.29) is 11.8 Å². The van der Waals surface area contributed by atoms with Crippen LogP contribution < -0.4 is 10.6 Å². The van der Waals surface area contributed by atoms with E-state index in [0.29, 0.717) is 27.7 Å². The molecule has 3 aromatic rings. The van der Waals surface area contributed by atoms with Crippen LogP contribution in [0, 0.1) is 6.92 Å². The summed E-state index contributed by atoms with van der Waals surface area (Å²) in [5.41, 5.74) is 4.10. The SMILES string of the molecule is Cc1ccc(/C=C2/Sc3ccc(C(=O)NCc4ccccc4Cl)cc3NC2=O)cc1. The Bertz CT molecular complexity index is 1160. The van der Waals surface area contributed by atoms with Crippen molar-refractivity contribution in [2.45, 2.75) is 18.4 Å². The molecule has 0 saturated carbocycles. The summed E-state index contributed by atoms with van der Waals surface area (Å²) in [5, 5.41) is 6.37. The number of carbonyl (C=O) groups excluding carboxylic acids is 2. The maximum atomic E-state index is 12.5. The Morgan fingerprint density at radius 2 is 1.87 bits per heavy atom. The van der Waals surface area contributed by atoms with Crippen LogP contribution in [0.15, 0.2) is 76.5 Å². The van der Waals surface area contributed by atoms with Gasteiger partial charge in [0.25, 0.3) is 11.8 Å². The molecule has 1 heterocycles. The van der Waals surface area contributed by atoms with E-state index < -0.39 is 0 Å². The van der Waals surface area contributed by atoms with Crippen molar-refractivity contribution in [1.29, 1.82) is 0 Å². The van der Waals surface area contributed by atoms with Crippen LogP contribution in [-0.2, 0) is 11.3 Å². The summed E-state index contributed by atoms with van der Waals surface area (Å²) in [6, 6.07) is 20.7. The summed E-state index contributed by atoms with van der Waals surface area (Å²) in [7, 11) is 0. The average molecular weight is 435 g/mol. The second-order valence-electron chi connectivity index (χ2n) is 6.96. The lowest BCUT2D eigenvalue weighted by Crippen LogP contribution is -2.24. The van der Waals surface area contributed by atoms with Crippen LogP contribution in [-0.4, -0.2) is 11.8 Å². The van der Waals surface area contributed by atoms with Crippen molar-refractivity contribution in [3.05, 3.63) is 98.9 Å². The zero-order valence-corrected chi connectivity index (χ0v) is 17.8. The summed E-state index contributed by atoms with van der Waals surface area (Å²) in [4.78, 5) is 26.6. The highest BCUT2D eigenvalue weighted by atomic mass is 35.5. The second kappa shape index (κ2) is 8.78. The molecule has 0 unspecified atom stereocenters. The summed E-state index contributed by atoms with van der Waals surface area (Å²) in [6.07, 6.45) is 1.87. The molecule has 0 radical (unpaired) electrons. The number of nitrogens with one attached hydrogen (secondary N) is 2. The minimum absolute atomic E-state index is 0.179. The van der Waals surface area contributed by atoms with Gasteiger partial charge in [-0.1, -0.05) is 71.4 Å². The van der Waals surface area contributed by atoms with Crippen molar-refractivity contribution < 1.29 is 9.59 Å². The molecule has 150 valence electrons. The molecular weight excluding hydrogens is 416 g/mol. The zero-order valence-electron chi connectivity index (χ0n) is 16.2. The number of hydrogen-bond donors (Lipinski definition) is 2. The van der Waals surface area contributed by atoms with Crippen LogP contribution in [0.5, 0.6) is 0 Å². The quantitative estimate of drug-likeness (QED) is 0.520. The van der Waals surface area contributed by atoms with Crippen LogP contribution in [0.1, 0.15) is 27.0 Å². The van der Waals surface area contributed by atoms with Gasteiger partial charge in [-0.05, 0) is 48.4 Å². The van der Waals surface area contributed by atoms with E-state index in [9.17, 15) is 9.59 Å². The van der Waals surface area contributed by atoms with Gasteiger partial charge in [-0.2, -0.15) is 0 Å². The van der Waals surface area contributed by atoms with E-state index in [1.807, 2.05) is 61.5 Å². The summed E-state index contributed by atoms with van der Waals surface area (Å²) < 4.78 is 0. The standard InChI is InChI=1S/C24H19ClN2O2S/c1-15-6-8-16(9-7-15)12-22-24(29)27-20-13-17(10-11-21(20)30-22)23(28)26-14-18-4-2-3-5-19(18)25/h2-13H,14H2,1H3,(H,26,28)(H,27,29)/b22-12+. The summed E-state index contributed by atoms with van der Waals surface area (Å²) in [6.45, 7) is 2.36. The number of fused-ring (bicyclic) bond motifs is 1. The number of benzene rings is 3. The third kappa shape index (κ3) is 4.58. The predicted molar refractivity (Wildman–Crippen MR) is 123 cm³/mol. The highest BCUT2D eigenvalue weighted by molar-refractivity contribution is 8.04. The molecule has 30 heavy (non-hydrogen) atoms. The smallest absolute Gasteiger partial charge is 0.262 e. The zero-order chi connectivity index (χ0) is 21.1. The third-order valence-corrected chi connectivity index (χ3v) is 6.17. The first-order chi connectivity index (χ1) is 14.5. The van der Waals surface area contributed by atoms with Gasteiger partial charge in [0, 0.05) is 22.0 Å². The van der Waals surface area contributed by atoms with Crippen LogP contribution in [0.25, 0.3) is 6.08 Å². The first-order valence-corrected chi connectivity index (χ1v) is 10.6. The molecule has 0 spiro atoms. The number of amides is 2. The van der Waals surface area contributed by atoms with Crippen molar-refractivity contribution in [2.24, 2.45) is 0 Å². The lowest BCUT2D eigenvalue weighted by atomic mass is 10.1. The Hall–Kier alpha value is -3.02. The maximum absolute atomic E-state index is 12.5. The van der Waals surface area contributed by atoms with E-state index in [2.05, 4.69) is 10.6 Å². The Labute approximate surface area is 184 Å². The average Bonchev–Trinajstić information content (AvgIpc) is 2.74. The highest BCUT2D eigenvalue weighted by Crippen LogP contribution is 2.39. The molecule has 1 aliphatic rings. The number of carbonyl (C=O) groups is 2. The maximum Gasteiger partial charge on any atom is 0.262 e. The van der Waals surface area contributed by atoms with E-state index in [0.717, 1.165) is 16.0 Å².